The molecule has 2 aromatic carbocycles. The molecule has 1 saturated carbocycles. The van der Waals surface area contributed by atoms with E-state index in [0.29, 0.717) is 222 Å². The molecule has 0 spiro atoms. The highest BCUT2D eigenvalue weighted by atomic mass is 16.6. The average molecular weight is 1750 g/mol. The summed E-state index contributed by atoms with van der Waals surface area (Å²) in [7, 11) is 4.54. The van der Waals surface area contributed by atoms with Gasteiger partial charge < -0.3 is 108 Å². The first kappa shape index (κ1) is 100. The van der Waals surface area contributed by atoms with E-state index in [2.05, 4.69) is 20.3 Å². The maximum Gasteiger partial charge on any atom is 0.329 e. The molecule has 3 aromatic heterocycles. The molecule has 125 heavy (non-hydrogen) atoms. The smallest absolute Gasteiger partial charge is 0.329 e. The molecule has 33 nitrogen and oxygen atoms in total. The number of methoxy groups -OCH3 is 3. The number of nitrogen functional groups attached to an aromatic ring is 2. The SMILES string of the molecule is CO[C@H]1C[C@@H]2CC[C@@H](C)[C@@](O)(O2)C(=O)C(=O)N2CCCC[C@H]2C(=O)O[C@H]([C@H](C)C[C@@H]2CC[C@@H](OC(=O)CCCOCCOCCOCCOCCOCCOCCOCCOCCC(=O)NCc3ccc(Cn4nc(-c5ccc6oc(N)nc6c5)c5c(N)ncnc54)cc3)[C@H](OC)C2)C[C@@H](O)[C@H](C)/C=C(\C)[C@@H](O)[C@@H](OC)C(=O)[C@H](C)C[C@H](C)/C=C/C=C/C=C/1C. The topological polar surface area (TPSA) is 429 Å². The van der Waals surface area contributed by atoms with Crippen LogP contribution in [0.4, 0.5) is 11.8 Å². The summed E-state index contributed by atoms with van der Waals surface area (Å²) in [5.41, 5.74) is 18.4. The monoisotopic (exact) mass is 1750 g/mol. The van der Waals surface area contributed by atoms with Gasteiger partial charge in [0, 0.05) is 90.0 Å². The summed E-state index contributed by atoms with van der Waals surface area (Å²) in [4.78, 5) is 97.7. The highest BCUT2D eigenvalue weighted by Crippen LogP contribution is 2.40. The number of aliphatic hydroxyl groups excluding tert-OH is 2. The molecule has 1 aliphatic carbocycles. The molecule has 3 fully saturated rings. The van der Waals surface area contributed by atoms with Crippen molar-refractivity contribution in [2.45, 2.75) is 219 Å². The van der Waals surface area contributed by atoms with E-state index in [9.17, 15) is 44.1 Å². The van der Waals surface area contributed by atoms with Crippen molar-refractivity contribution in [2.75, 3.05) is 145 Å². The van der Waals surface area contributed by atoms with E-state index in [0.717, 1.165) is 22.3 Å². The normalized spacial score (nSPS) is 27.3. The lowest BCUT2D eigenvalue weighted by Crippen LogP contribution is -2.61. The number of piperidine rings is 1. The van der Waals surface area contributed by atoms with Gasteiger partial charge in [-0.1, -0.05) is 95.3 Å². The summed E-state index contributed by atoms with van der Waals surface area (Å²) in [5.74, 6) is -8.04. The third kappa shape index (κ3) is 31.0. The number of nitrogens with two attached hydrogens (primary N) is 2. The number of anilines is 2. The number of aliphatic hydroxyl groups is 3. The first-order valence-electron chi connectivity index (χ1n) is 44.2. The van der Waals surface area contributed by atoms with Gasteiger partial charge in [0.15, 0.2) is 17.0 Å². The largest absolute Gasteiger partial charge is 0.460 e. The molecule has 2 amide bonds. The third-order valence-electron chi connectivity index (χ3n) is 23.7. The average Bonchev–Trinajstić information content (AvgIpc) is 1.71. The van der Waals surface area contributed by atoms with Gasteiger partial charge >= 0.3 is 11.9 Å². The molecule has 9 rings (SSSR count). The number of carbonyl (C=O) groups is 6. The van der Waals surface area contributed by atoms with Gasteiger partial charge in [-0.3, -0.25) is 24.0 Å². The number of esters is 2. The highest BCUT2D eigenvalue weighted by Gasteiger charge is 2.53. The summed E-state index contributed by atoms with van der Waals surface area (Å²) in [6, 6.07) is 12.3. The number of allylic oxidation sites excluding steroid dienone is 5. The number of aromatic nitrogens is 5. The van der Waals surface area contributed by atoms with E-state index in [1.54, 1.807) is 51.8 Å². The highest BCUT2D eigenvalue weighted by molar-refractivity contribution is 6.39. The van der Waals surface area contributed by atoms with Crippen LogP contribution in [0.25, 0.3) is 33.4 Å². The van der Waals surface area contributed by atoms with Crippen LogP contribution in [0.5, 0.6) is 0 Å². The minimum atomic E-state index is -2.47. The minimum absolute atomic E-state index is 0.00559. The molecular formula is C92H135N9O24. The van der Waals surface area contributed by atoms with E-state index in [4.69, 9.17) is 87.3 Å². The van der Waals surface area contributed by atoms with Crippen molar-refractivity contribution >= 4 is 69.3 Å². The predicted molar refractivity (Wildman–Crippen MR) is 465 cm³/mol. The number of fused-ring (bicyclic) bond motifs is 5. The second kappa shape index (κ2) is 52.2. The van der Waals surface area contributed by atoms with E-state index >= 15 is 0 Å². The lowest BCUT2D eigenvalue weighted by Gasteiger charge is -2.43. The second-order valence-corrected chi connectivity index (χ2v) is 33.3. The molecule has 33 heteroatoms. The van der Waals surface area contributed by atoms with Crippen LogP contribution in [0.3, 0.4) is 0 Å². The van der Waals surface area contributed by atoms with Gasteiger partial charge in [-0.2, -0.15) is 10.1 Å². The van der Waals surface area contributed by atoms with Crippen molar-refractivity contribution in [1.29, 1.82) is 0 Å². The van der Waals surface area contributed by atoms with E-state index in [1.165, 1.54) is 18.3 Å². The Hall–Kier alpha value is -8.36. The van der Waals surface area contributed by atoms with Crippen LogP contribution >= 0.6 is 0 Å². The minimum Gasteiger partial charge on any atom is -0.460 e. The van der Waals surface area contributed by atoms with Crippen molar-refractivity contribution in [3.8, 4) is 11.3 Å². The number of hydrogen-bond donors (Lipinski definition) is 6. The molecule has 692 valence electrons. The standard InChI is InChI=1S/C92H135N9O24/c1-59-17-12-11-13-18-60(2)76(111-8)54-70-28-21-65(7)92(110,125-70)86(107)89(108)100-32-15-14-19-72(100)90(109)123-77(55-73(102)61(3)50-64(6)84(106)85(113-10)83(105)63(5)49-59)62(4)51-68-26-29-75(78(52-68)112-9)122-80(104)20-16-33-114-35-37-116-39-41-118-43-45-120-47-48-121-46-44-119-42-40-117-38-36-115-34-31-79(103)95-56-66-22-24-67(25-23-66)57-101-88-81(87(93)96-58-97-88)82(99-101)69-27-30-74-71(53-69)98-91(94)124-74/h11-13,17-18,22-25,27,30,50,53,58-59,61-63,65,68,70,72-73,75-78,84-85,102,106,110H,14-16,19-21,26,28-29,31-49,51-52,54-57H2,1-10H3,(H2,94,98)(H,95,103)(H2,93,96,97)/b13-11+,17-12+,60-18+,64-50+/t59-,61-,62-,63-,65-,68+,70+,72+,73-,75-,76+,77+,78-,84-,85+,92-/m1/s1. The molecule has 0 radical (unpaired) electrons. The van der Waals surface area contributed by atoms with Crippen LogP contribution < -0.4 is 16.8 Å². The maximum atomic E-state index is 14.8. The summed E-state index contributed by atoms with van der Waals surface area (Å²) in [5, 5.41) is 44.3. The first-order chi connectivity index (χ1) is 60.3. The molecule has 3 aliphatic heterocycles. The number of cyclic esters (lactones) is 1. The van der Waals surface area contributed by atoms with Crippen LogP contribution in [-0.4, -0.2) is 275 Å². The molecule has 5 aromatic rings. The van der Waals surface area contributed by atoms with Crippen LogP contribution in [0, 0.1) is 35.5 Å². The molecule has 16 atom stereocenters. The summed E-state index contributed by atoms with van der Waals surface area (Å²) < 4.78 is 88.4. The Bertz CT molecular complexity index is 4310. The van der Waals surface area contributed by atoms with Gasteiger partial charge in [0.25, 0.3) is 17.7 Å². The summed E-state index contributed by atoms with van der Waals surface area (Å²) >= 11 is 0. The summed E-state index contributed by atoms with van der Waals surface area (Å²) in [6.07, 6.45) is 12.0. The van der Waals surface area contributed by atoms with Gasteiger partial charge in [-0.25, -0.2) is 19.4 Å². The molecule has 4 aliphatic rings. The Morgan fingerprint density at radius 2 is 1.34 bits per heavy atom. The number of carbonyl (C=O) groups excluding carboxylic acids is 6. The fourth-order valence-corrected chi connectivity index (χ4v) is 16.4. The fraction of sp³-hybridized carbons (Fsp3) is 0.652. The van der Waals surface area contributed by atoms with Crippen molar-refractivity contribution in [1.82, 2.24) is 34.9 Å². The molecular weight excluding hydrogens is 1620 g/mol. The molecule has 2 bridgehead atoms. The van der Waals surface area contributed by atoms with Crippen molar-refractivity contribution in [2.24, 2.45) is 35.5 Å². The quantitative estimate of drug-likeness (QED) is 0.00920. The fourth-order valence-electron chi connectivity index (χ4n) is 16.4. The third-order valence-corrected chi connectivity index (χ3v) is 23.7. The Morgan fingerprint density at radius 3 is 1.98 bits per heavy atom. The van der Waals surface area contributed by atoms with E-state index in [-0.39, 0.29) is 80.3 Å². The van der Waals surface area contributed by atoms with Gasteiger partial charge in [-0.05, 0) is 143 Å². The van der Waals surface area contributed by atoms with Gasteiger partial charge in [0.05, 0.1) is 135 Å². The van der Waals surface area contributed by atoms with Crippen molar-refractivity contribution < 1.29 is 115 Å². The lowest BCUT2D eigenvalue weighted by molar-refractivity contribution is -0.265. The Balaban J connectivity index is 0.595. The second-order valence-electron chi connectivity index (χ2n) is 33.3. The molecule has 6 heterocycles. The summed E-state index contributed by atoms with van der Waals surface area (Å²) in [6.45, 7) is 19.6. The Kier molecular flexibility index (Phi) is 41.9. The number of ketones is 2. The zero-order valence-corrected chi connectivity index (χ0v) is 74.5. The lowest BCUT2D eigenvalue weighted by atomic mass is 9.78. The first-order valence-corrected chi connectivity index (χ1v) is 44.2. The number of rotatable bonds is 40. The number of amides is 2. The number of nitrogens with zero attached hydrogens (tertiary/aromatic N) is 6. The number of oxazole rings is 1. The predicted octanol–water partition coefficient (Wildman–Crippen LogP) is 9.30. The molecule has 0 unspecified atom stereocenters. The molecule has 2 saturated heterocycles. The number of ether oxygens (including phenoxy) is 14. The van der Waals surface area contributed by atoms with Gasteiger partial charge in [-0.15, -0.1) is 0 Å². The number of benzene rings is 2. The van der Waals surface area contributed by atoms with Crippen molar-refractivity contribution in [3.63, 3.8) is 0 Å². The van der Waals surface area contributed by atoms with E-state index < -0.39 is 96.1 Å². The Morgan fingerprint density at radius 1 is 0.688 bits per heavy atom. The zero-order chi connectivity index (χ0) is 89.8. The van der Waals surface area contributed by atoms with Crippen LogP contribution in [0.2, 0.25) is 0 Å². The van der Waals surface area contributed by atoms with Crippen molar-refractivity contribution in [3.05, 3.63) is 108 Å². The Labute approximate surface area is 733 Å². The maximum absolute atomic E-state index is 14.8. The van der Waals surface area contributed by atoms with Crippen LogP contribution in [0.1, 0.15) is 156 Å². The number of hydrogen-bond acceptors (Lipinski definition) is 30. The number of Topliss-reactive ketones (excluding diaryl/α,β-unsaturated/α-hetero) is 2. The molecule has 8 N–H and O–H groups in total. The zero-order valence-electron chi connectivity index (χ0n) is 74.5. The van der Waals surface area contributed by atoms with Crippen LogP contribution in [-0.2, 0) is 108 Å². The van der Waals surface area contributed by atoms with E-state index in [1.807, 2.05) is 94.5 Å². The van der Waals surface area contributed by atoms with Crippen LogP contribution in [0.15, 0.2) is 101 Å². The van der Waals surface area contributed by atoms with Gasteiger partial charge in [0.2, 0.25) is 11.7 Å². The number of nitrogens with one attached hydrogen (secondary N) is 1. The van der Waals surface area contributed by atoms with Gasteiger partial charge in [0.1, 0.15) is 53.8 Å².